The summed E-state index contributed by atoms with van der Waals surface area (Å²) < 4.78 is 24.6. The first-order valence-electron chi connectivity index (χ1n) is 4.21. The summed E-state index contributed by atoms with van der Waals surface area (Å²) in [5.74, 6) is 0. The van der Waals surface area contributed by atoms with Gasteiger partial charge in [0.05, 0.1) is 17.0 Å². The molecule has 1 aromatic carbocycles. The second-order valence-corrected chi connectivity index (χ2v) is 5.39. The highest BCUT2D eigenvalue weighted by Crippen LogP contribution is 2.30. The summed E-state index contributed by atoms with van der Waals surface area (Å²) >= 11 is 5.94. The normalized spacial score (nSPS) is 11.9. The third kappa shape index (κ3) is 2.08. The van der Waals surface area contributed by atoms with E-state index in [0.29, 0.717) is 16.1 Å². The first-order valence-corrected chi connectivity index (χ1v) is 6.48. The smallest absolute Gasteiger partial charge is 0.229 e. The van der Waals surface area contributed by atoms with E-state index in [1.807, 2.05) is 6.07 Å². The van der Waals surface area contributed by atoms with Crippen molar-refractivity contribution in [2.45, 2.75) is 0 Å². The van der Waals surface area contributed by atoms with Crippen LogP contribution in [0.5, 0.6) is 0 Å². The number of nitrogens with one attached hydrogen (secondary N) is 2. The van der Waals surface area contributed by atoms with Gasteiger partial charge in [0, 0.05) is 17.1 Å². The Balaban J connectivity index is 2.65. The number of rotatable bonds is 2. The van der Waals surface area contributed by atoms with Crippen molar-refractivity contribution in [3.63, 3.8) is 0 Å². The second kappa shape index (κ2) is 3.43. The number of halogens is 1. The fraction of sp³-hybridized carbons (Fsp3) is 0.111. The number of fused-ring (bicyclic) bond motifs is 1. The van der Waals surface area contributed by atoms with E-state index in [-0.39, 0.29) is 0 Å². The lowest BCUT2D eigenvalue weighted by molar-refractivity contribution is 0.607. The predicted octanol–water partition coefficient (Wildman–Crippen LogP) is 2.19. The predicted molar refractivity (Wildman–Crippen MR) is 61.8 cm³/mol. The van der Waals surface area contributed by atoms with Gasteiger partial charge in [-0.25, -0.2) is 8.42 Å². The Morgan fingerprint density at radius 2 is 2.13 bits per heavy atom. The number of anilines is 1. The van der Waals surface area contributed by atoms with Crippen LogP contribution in [-0.2, 0) is 10.0 Å². The average molecular weight is 245 g/mol. The third-order valence-corrected chi connectivity index (χ3v) is 2.84. The van der Waals surface area contributed by atoms with Crippen LogP contribution in [-0.4, -0.2) is 19.7 Å². The van der Waals surface area contributed by atoms with Crippen LogP contribution in [0.1, 0.15) is 0 Å². The molecule has 0 saturated carbocycles. The number of hydrogen-bond donors (Lipinski definition) is 2. The number of benzene rings is 1. The first-order chi connectivity index (χ1) is 6.97. The summed E-state index contributed by atoms with van der Waals surface area (Å²) in [5, 5.41) is 1.18. The summed E-state index contributed by atoms with van der Waals surface area (Å²) in [6.07, 6.45) is 2.73. The van der Waals surface area contributed by atoms with E-state index >= 15 is 0 Å². The molecule has 80 valence electrons. The first kappa shape index (κ1) is 10.3. The zero-order chi connectivity index (χ0) is 11.1. The van der Waals surface area contributed by atoms with Crippen LogP contribution in [0.3, 0.4) is 0 Å². The molecule has 2 aromatic rings. The second-order valence-electron chi connectivity index (χ2n) is 3.24. The van der Waals surface area contributed by atoms with Gasteiger partial charge in [-0.3, -0.25) is 4.72 Å². The van der Waals surface area contributed by atoms with E-state index < -0.39 is 10.0 Å². The third-order valence-electron chi connectivity index (χ3n) is 1.95. The molecule has 1 heterocycles. The lowest BCUT2D eigenvalue weighted by Crippen LogP contribution is -2.09. The van der Waals surface area contributed by atoms with Gasteiger partial charge in [0.2, 0.25) is 10.0 Å². The number of aromatic amines is 1. The van der Waals surface area contributed by atoms with Crippen molar-refractivity contribution >= 4 is 38.2 Å². The van der Waals surface area contributed by atoms with E-state index in [4.69, 9.17) is 11.6 Å². The molecule has 2 N–H and O–H groups in total. The van der Waals surface area contributed by atoms with Gasteiger partial charge in [-0.05, 0) is 12.1 Å². The van der Waals surface area contributed by atoms with Crippen LogP contribution >= 0.6 is 11.6 Å². The van der Waals surface area contributed by atoms with E-state index in [1.54, 1.807) is 18.3 Å². The highest BCUT2D eigenvalue weighted by molar-refractivity contribution is 7.92. The minimum atomic E-state index is -3.29. The maximum atomic E-state index is 11.1. The van der Waals surface area contributed by atoms with E-state index in [1.165, 1.54) is 0 Å². The van der Waals surface area contributed by atoms with Gasteiger partial charge < -0.3 is 4.98 Å². The van der Waals surface area contributed by atoms with Crippen LogP contribution in [0.15, 0.2) is 24.4 Å². The molecule has 0 fully saturated rings. The van der Waals surface area contributed by atoms with Crippen LogP contribution in [0, 0.1) is 0 Å². The summed E-state index contributed by atoms with van der Waals surface area (Å²) in [5.41, 5.74) is 1.29. The Kier molecular flexibility index (Phi) is 2.36. The van der Waals surface area contributed by atoms with E-state index in [9.17, 15) is 8.42 Å². The van der Waals surface area contributed by atoms with Crippen molar-refractivity contribution in [3.05, 3.63) is 29.4 Å². The lowest BCUT2D eigenvalue weighted by atomic mass is 10.2. The zero-order valence-corrected chi connectivity index (χ0v) is 9.48. The largest absolute Gasteiger partial charge is 0.360 e. The number of aromatic nitrogens is 1. The molecule has 1 aromatic heterocycles. The summed E-state index contributed by atoms with van der Waals surface area (Å²) in [7, 11) is -3.29. The molecular formula is C9H9ClN2O2S. The molecule has 0 bridgehead atoms. The zero-order valence-electron chi connectivity index (χ0n) is 7.91. The van der Waals surface area contributed by atoms with Crippen molar-refractivity contribution in [1.29, 1.82) is 0 Å². The molecule has 0 aliphatic rings. The van der Waals surface area contributed by atoms with Gasteiger partial charge in [0.25, 0.3) is 0 Å². The fourth-order valence-corrected chi connectivity index (χ4v) is 2.26. The maximum absolute atomic E-state index is 11.1. The molecule has 2 rings (SSSR count). The van der Waals surface area contributed by atoms with Crippen LogP contribution < -0.4 is 4.72 Å². The molecule has 0 unspecified atom stereocenters. The van der Waals surface area contributed by atoms with Crippen molar-refractivity contribution in [1.82, 2.24) is 4.98 Å². The number of sulfonamides is 1. The molecule has 15 heavy (non-hydrogen) atoms. The lowest BCUT2D eigenvalue weighted by Gasteiger charge is -2.05. The Morgan fingerprint density at radius 1 is 1.40 bits per heavy atom. The topological polar surface area (TPSA) is 62.0 Å². The molecule has 0 spiro atoms. The molecule has 0 aliphatic carbocycles. The summed E-state index contributed by atoms with van der Waals surface area (Å²) in [6.45, 7) is 0. The molecule has 0 aliphatic heterocycles. The molecule has 6 heteroatoms. The number of H-pyrrole nitrogens is 1. The highest BCUT2D eigenvalue weighted by Gasteiger charge is 2.09. The molecule has 0 atom stereocenters. The van der Waals surface area contributed by atoms with Crippen molar-refractivity contribution in [2.24, 2.45) is 0 Å². The van der Waals surface area contributed by atoms with E-state index in [2.05, 4.69) is 9.71 Å². The van der Waals surface area contributed by atoms with Gasteiger partial charge in [0.1, 0.15) is 0 Å². The SMILES string of the molecule is CS(=O)(=O)Nc1cccc2[nH]cc(Cl)c12. The standard InChI is InChI=1S/C9H9ClN2O2S/c1-15(13,14)12-8-4-2-3-7-9(8)6(10)5-11-7/h2-5,11-12H,1H3. The van der Waals surface area contributed by atoms with Gasteiger partial charge >= 0.3 is 0 Å². The Hall–Kier alpha value is -1.20. The Morgan fingerprint density at radius 3 is 2.80 bits per heavy atom. The van der Waals surface area contributed by atoms with Gasteiger partial charge in [-0.2, -0.15) is 0 Å². The molecule has 0 amide bonds. The van der Waals surface area contributed by atoms with Gasteiger partial charge in [-0.1, -0.05) is 17.7 Å². The van der Waals surface area contributed by atoms with E-state index in [0.717, 1.165) is 11.8 Å². The maximum Gasteiger partial charge on any atom is 0.229 e. The minimum absolute atomic E-state index is 0.487. The quantitative estimate of drug-likeness (QED) is 0.851. The van der Waals surface area contributed by atoms with Gasteiger partial charge in [-0.15, -0.1) is 0 Å². The van der Waals surface area contributed by atoms with Crippen molar-refractivity contribution < 1.29 is 8.42 Å². The Labute approximate surface area is 92.3 Å². The molecule has 0 radical (unpaired) electrons. The van der Waals surface area contributed by atoms with Crippen LogP contribution in [0.25, 0.3) is 10.9 Å². The van der Waals surface area contributed by atoms with Gasteiger partial charge in [0.15, 0.2) is 0 Å². The minimum Gasteiger partial charge on any atom is -0.360 e. The monoisotopic (exact) mass is 244 g/mol. The molecular weight excluding hydrogens is 236 g/mol. The van der Waals surface area contributed by atoms with Crippen LogP contribution in [0.2, 0.25) is 5.02 Å². The summed E-state index contributed by atoms with van der Waals surface area (Å²) in [6, 6.07) is 5.25. The Bertz CT molecular complexity index is 604. The highest BCUT2D eigenvalue weighted by atomic mass is 35.5. The molecule has 4 nitrogen and oxygen atoms in total. The van der Waals surface area contributed by atoms with Crippen LogP contribution in [0.4, 0.5) is 5.69 Å². The summed E-state index contributed by atoms with van der Waals surface area (Å²) in [4.78, 5) is 2.95. The van der Waals surface area contributed by atoms with Crippen molar-refractivity contribution in [3.8, 4) is 0 Å². The fourth-order valence-electron chi connectivity index (χ4n) is 1.43. The average Bonchev–Trinajstić information content (AvgIpc) is 2.46. The number of hydrogen-bond acceptors (Lipinski definition) is 2. The van der Waals surface area contributed by atoms with Crippen molar-refractivity contribution in [2.75, 3.05) is 11.0 Å². The molecule has 0 saturated heterocycles.